The molecule has 2 aromatic carbocycles. The second-order valence-electron chi connectivity index (χ2n) is 6.49. The smallest absolute Gasteiger partial charge is 0.0710 e. The average molecular weight is 335 g/mol. The fourth-order valence-electron chi connectivity index (χ4n) is 3.60. The van der Waals surface area contributed by atoms with E-state index in [1.807, 2.05) is 18.5 Å². The van der Waals surface area contributed by atoms with Gasteiger partial charge in [0, 0.05) is 46.9 Å². The lowest BCUT2D eigenvalue weighted by atomic mass is 10.0. The zero-order valence-electron chi connectivity index (χ0n) is 14.4. The molecule has 5 aromatic rings. The molecule has 0 unspecified atom stereocenters. The topological polar surface area (TPSA) is 30.7 Å². The van der Waals surface area contributed by atoms with Crippen LogP contribution in [0.1, 0.15) is 0 Å². The van der Waals surface area contributed by atoms with Crippen molar-refractivity contribution in [3.05, 3.63) is 85.3 Å². The molecule has 3 heteroatoms. The molecule has 26 heavy (non-hydrogen) atoms. The SMILES string of the molecule is Cn1c2ccccc2c2cc(-c3cccc(-c4cccnc4)c3)ncc21. The number of nitrogens with zero attached hydrogens (tertiary/aromatic N) is 3. The van der Waals surface area contributed by atoms with E-state index in [9.17, 15) is 0 Å². The van der Waals surface area contributed by atoms with Gasteiger partial charge >= 0.3 is 0 Å². The zero-order chi connectivity index (χ0) is 17.5. The first-order chi connectivity index (χ1) is 12.8. The van der Waals surface area contributed by atoms with Crippen LogP contribution in [-0.2, 0) is 7.05 Å². The first-order valence-electron chi connectivity index (χ1n) is 8.65. The Morgan fingerprint density at radius 1 is 0.692 bits per heavy atom. The van der Waals surface area contributed by atoms with Gasteiger partial charge in [0.05, 0.1) is 17.4 Å². The zero-order valence-corrected chi connectivity index (χ0v) is 14.4. The largest absolute Gasteiger partial charge is 0.342 e. The van der Waals surface area contributed by atoms with Crippen molar-refractivity contribution in [3.63, 3.8) is 0 Å². The molecular weight excluding hydrogens is 318 g/mol. The standard InChI is InChI=1S/C23H17N3/c1-26-22-10-3-2-9-19(22)20-13-21(25-15-23(20)26)17-7-4-6-16(12-17)18-8-5-11-24-14-18/h2-15H,1H3. The Labute approximate surface area is 151 Å². The van der Waals surface area contributed by atoms with Gasteiger partial charge < -0.3 is 4.57 Å². The third-order valence-corrected chi connectivity index (χ3v) is 4.95. The first-order valence-corrected chi connectivity index (χ1v) is 8.65. The Hall–Kier alpha value is -3.46. The van der Waals surface area contributed by atoms with Crippen LogP contribution in [0.2, 0.25) is 0 Å². The summed E-state index contributed by atoms with van der Waals surface area (Å²) < 4.78 is 2.20. The normalized spacial score (nSPS) is 11.3. The fraction of sp³-hybridized carbons (Fsp3) is 0.0435. The minimum Gasteiger partial charge on any atom is -0.342 e. The highest BCUT2D eigenvalue weighted by atomic mass is 14.9. The van der Waals surface area contributed by atoms with Gasteiger partial charge in [-0.15, -0.1) is 0 Å². The van der Waals surface area contributed by atoms with E-state index in [0.717, 1.165) is 27.9 Å². The number of aryl methyl sites for hydroxylation is 1. The highest BCUT2D eigenvalue weighted by Gasteiger charge is 2.10. The maximum Gasteiger partial charge on any atom is 0.0710 e. The van der Waals surface area contributed by atoms with Gasteiger partial charge in [-0.3, -0.25) is 9.97 Å². The van der Waals surface area contributed by atoms with Gasteiger partial charge in [-0.25, -0.2) is 0 Å². The van der Waals surface area contributed by atoms with E-state index in [2.05, 4.69) is 77.3 Å². The van der Waals surface area contributed by atoms with Crippen molar-refractivity contribution < 1.29 is 0 Å². The van der Waals surface area contributed by atoms with Crippen molar-refractivity contribution in [2.24, 2.45) is 7.05 Å². The number of fused-ring (bicyclic) bond motifs is 3. The Morgan fingerprint density at radius 2 is 1.54 bits per heavy atom. The van der Waals surface area contributed by atoms with E-state index < -0.39 is 0 Å². The van der Waals surface area contributed by atoms with Crippen LogP contribution in [0, 0.1) is 0 Å². The molecule has 3 aromatic heterocycles. The van der Waals surface area contributed by atoms with E-state index in [4.69, 9.17) is 4.98 Å². The number of aromatic nitrogens is 3. The predicted molar refractivity (Wildman–Crippen MR) is 107 cm³/mol. The van der Waals surface area contributed by atoms with Crippen LogP contribution in [-0.4, -0.2) is 14.5 Å². The molecule has 0 aliphatic heterocycles. The summed E-state index contributed by atoms with van der Waals surface area (Å²) in [7, 11) is 2.09. The lowest BCUT2D eigenvalue weighted by Gasteiger charge is -2.06. The number of rotatable bonds is 2. The number of hydrogen-bond acceptors (Lipinski definition) is 2. The summed E-state index contributed by atoms with van der Waals surface area (Å²) >= 11 is 0. The minimum absolute atomic E-state index is 0.986. The number of pyridine rings is 2. The fourth-order valence-corrected chi connectivity index (χ4v) is 3.60. The number of benzene rings is 2. The number of para-hydroxylation sites is 1. The van der Waals surface area contributed by atoms with Crippen molar-refractivity contribution >= 4 is 21.8 Å². The van der Waals surface area contributed by atoms with Crippen molar-refractivity contribution in [1.29, 1.82) is 0 Å². The van der Waals surface area contributed by atoms with Gasteiger partial charge in [0.25, 0.3) is 0 Å². The molecule has 0 aliphatic rings. The van der Waals surface area contributed by atoms with Gasteiger partial charge in [0.15, 0.2) is 0 Å². The summed E-state index contributed by atoms with van der Waals surface area (Å²) in [6.45, 7) is 0. The highest BCUT2D eigenvalue weighted by Crippen LogP contribution is 2.31. The first kappa shape index (κ1) is 14.8. The summed E-state index contributed by atoms with van der Waals surface area (Å²) in [6, 6.07) is 23.2. The van der Waals surface area contributed by atoms with E-state index >= 15 is 0 Å². The molecule has 0 bridgehead atoms. The maximum atomic E-state index is 4.73. The molecule has 0 spiro atoms. The Morgan fingerprint density at radius 3 is 2.42 bits per heavy atom. The predicted octanol–water partition coefficient (Wildman–Crippen LogP) is 5.46. The molecule has 3 nitrogen and oxygen atoms in total. The summed E-state index contributed by atoms with van der Waals surface area (Å²) in [4.78, 5) is 8.95. The second kappa shape index (κ2) is 5.81. The lowest BCUT2D eigenvalue weighted by molar-refractivity contribution is 1.01. The van der Waals surface area contributed by atoms with Crippen LogP contribution in [0.25, 0.3) is 44.2 Å². The Kier molecular flexibility index (Phi) is 3.32. The quantitative estimate of drug-likeness (QED) is 0.429. The van der Waals surface area contributed by atoms with Gasteiger partial charge in [0.1, 0.15) is 0 Å². The summed E-state index contributed by atoms with van der Waals surface area (Å²) in [5, 5.41) is 2.50. The lowest BCUT2D eigenvalue weighted by Crippen LogP contribution is -1.89. The molecule has 5 rings (SSSR count). The van der Waals surface area contributed by atoms with E-state index in [1.54, 1.807) is 6.20 Å². The molecule has 124 valence electrons. The maximum absolute atomic E-state index is 4.73. The van der Waals surface area contributed by atoms with Crippen molar-refractivity contribution in [3.8, 4) is 22.4 Å². The Balaban J connectivity index is 1.69. The van der Waals surface area contributed by atoms with Crippen LogP contribution in [0.5, 0.6) is 0 Å². The van der Waals surface area contributed by atoms with Crippen molar-refractivity contribution in [2.75, 3.05) is 0 Å². The monoisotopic (exact) mass is 335 g/mol. The van der Waals surface area contributed by atoms with Crippen LogP contribution in [0.3, 0.4) is 0 Å². The van der Waals surface area contributed by atoms with E-state index in [-0.39, 0.29) is 0 Å². The van der Waals surface area contributed by atoms with Crippen molar-refractivity contribution in [1.82, 2.24) is 14.5 Å². The van der Waals surface area contributed by atoms with Crippen molar-refractivity contribution in [2.45, 2.75) is 0 Å². The summed E-state index contributed by atoms with van der Waals surface area (Å²) in [6.07, 6.45) is 5.66. The van der Waals surface area contributed by atoms with Crippen LogP contribution < -0.4 is 0 Å². The van der Waals surface area contributed by atoms with Gasteiger partial charge in [-0.05, 0) is 29.8 Å². The minimum atomic E-state index is 0.986. The second-order valence-corrected chi connectivity index (χ2v) is 6.49. The third kappa shape index (κ3) is 2.29. The van der Waals surface area contributed by atoms with E-state index in [0.29, 0.717) is 0 Å². The molecule has 0 fully saturated rings. The third-order valence-electron chi connectivity index (χ3n) is 4.95. The van der Waals surface area contributed by atoms with E-state index in [1.165, 1.54) is 16.3 Å². The molecule has 0 N–H and O–H groups in total. The molecule has 0 atom stereocenters. The van der Waals surface area contributed by atoms with Gasteiger partial charge in [-0.1, -0.05) is 42.5 Å². The Bertz CT molecular complexity index is 1240. The molecular formula is C23H17N3. The molecule has 0 radical (unpaired) electrons. The van der Waals surface area contributed by atoms with Crippen LogP contribution in [0.15, 0.2) is 85.3 Å². The molecule has 3 heterocycles. The molecule has 0 amide bonds. The molecule has 0 saturated heterocycles. The molecule has 0 saturated carbocycles. The van der Waals surface area contributed by atoms with Crippen LogP contribution in [0.4, 0.5) is 0 Å². The van der Waals surface area contributed by atoms with Gasteiger partial charge in [0.2, 0.25) is 0 Å². The number of hydrogen-bond donors (Lipinski definition) is 0. The molecule has 0 aliphatic carbocycles. The summed E-state index contributed by atoms with van der Waals surface area (Å²) in [5.41, 5.74) is 6.74. The highest BCUT2D eigenvalue weighted by molar-refractivity contribution is 6.08. The average Bonchev–Trinajstić information content (AvgIpc) is 3.01. The van der Waals surface area contributed by atoms with Gasteiger partial charge in [-0.2, -0.15) is 0 Å². The summed E-state index contributed by atoms with van der Waals surface area (Å²) in [5.74, 6) is 0. The van der Waals surface area contributed by atoms with Crippen LogP contribution >= 0.6 is 0 Å².